The van der Waals surface area contributed by atoms with Gasteiger partial charge in [0.15, 0.2) is 0 Å². The van der Waals surface area contributed by atoms with Crippen LogP contribution >= 0.6 is 0 Å². The van der Waals surface area contributed by atoms with Gasteiger partial charge >= 0.3 is 5.97 Å². The highest BCUT2D eigenvalue weighted by molar-refractivity contribution is 6.05. The van der Waals surface area contributed by atoms with Crippen LogP contribution in [0.25, 0.3) is 0 Å². The normalized spacial score (nSPS) is 11.5. The molecular weight excluding hydrogens is 260 g/mol. The monoisotopic (exact) mass is 278 g/mol. The minimum absolute atomic E-state index is 0.0372. The van der Waals surface area contributed by atoms with Gasteiger partial charge in [-0.05, 0) is 25.5 Å². The van der Waals surface area contributed by atoms with Crippen molar-refractivity contribution in [3.8, 4) is 0 Å². The van der Waals surface area contributed by atoms with Crippen molar-refractivity contribution >= 4 is 17.8 Å². The lowest BCUT2D eigenvalue weighted by atomic mass is 10.1. The van der Waals surface area contributed by atoms with Gasteiger partial charge in [-0.15, -0.1) is 0 Å². The topological polar surface area (TPSA) is 95.5 Å². The second-order valence-corrected chi connectivity index (χ2v) is 4.34. The third kappa shape index (κ3) is 4.08. The molecule has 1 unspecified atom stereocenters. The van der Waals surface area contributed by atoms with Crippen LogP contribution in [0.15, 0.2) is 24.3 Å². The Morgan fingerprint density at radius 1 is 1.20 bits per heavy atom. The van der Waals surface area contributed by atoms with Crippen molar-refractivity contribution in [2.24, 2.45) is 0 Å². The summed E-state index contributed by atoms with van der Waals surface area (Å²) in [6.07, 6.45) is 0.800. The van der Waals surface area contributed by atoms with E-state index in [1.165, 1.54) is 18.2 Å². The maximum absolute atomic E-state index is 12.0. The molecule has 0 aliphatic rings. The van der Waals surface area contributed by atoms with Crippen LogP contribution in [-0.4, -0.2) is 35.5 Å². The van der Waals surface area contributed by atoms with Gasteiger partial charge in [-0.2, -0.15) is 0 Å². The van der Waals surface area contributed by atoms with E-state index in [-0.39, 0.29) is 17.0 Å². The van der Waals surface area contributed by atoms with Crippen LogP contribution in [0.2, 0.25) is 0 Å². The summed E-state index contributed by atoms with van der Waals surface area (Å²) in [5.41, 5.74) is -0.0543. The van der Waals surface area contributed by atoms with Crippen LogP contribution in [0.4, 0.5) is 0 Å². The number of carbonyl (C=O) groups excluding carboxylic acids is 2. The molecule has 1 aromatic carbocycles. The van der Waals surface area contributed by atoms with Crippen LogP contribution in [0.5, 0.6) is 0 Å². The van der Waals surface area contributed by atoms with Crippen LogP contribution < -0.4 is 10.6 Å². The Bertz CT molecular complexity index is 514. The summed E-state index contributed by atoms with van der Waals surface area (Å²) in [6, 6.07) is 5.14. The van der Waals surface area contributed by atoms with Crippen LogP contribution in [-0.2, 0) is 4.79 Å². The number of amides is 2. The zero-order valence-electron chi connectivity index (χ0n) is 11.5. The molecule has 0 heterocycles. The minimum Gasteiger partial charge on any atom is -0.478 e. The number of aromatic carboxylic acids is 1. The maximum atomic E-state index is 12.0. The second kappa shape index (κ2) is 7.28. The molecule has 1 aromatic rings. The summed E-state index contributed by atoms with van der Waals surface area (Å²) in [5.74, 6) is -2.06. The first-order valence-electron chi connectivity index (χ1n) is 6.38. The van der Waals surface area contributed by atoms with Gasteiger partial charge in [-0.3, -0.25) is 9.59 Å². The summed E-state index contributed by atoms with van der Waals surface area (Å²) >= 11 is 0. The van der Waals surface area contributed by atoms with E-state index in [4.69, 9.17) is 5.11 Å². The predicted molar refractivity (Wildman–Crippen MR) is 73.6 cm³/mol. The molecule has 0 radical (unpaired) electrons. The SMILES string of the molecule is CCCNC(=O)C(C)NC(=O)c1ccccc1C(=O)O. The molecule has 3 N–H and O–H groups in total. The number of hydrogen-bond acceptors (Lipinski definition) is 3. The van der Waals surface area contributed by atoms with Gasteiger partial charge in [0.2, 0.25) is 5.91 Å². The lowest BCUT2D eigenvalue weighted by Gasteiger charge is -2.14. The average Bonchev–Trinajstić information content (AvgIpc) is 2.44. The highest BCUT2D eigenvalue weighted by atomic mass is 16.4. The standard InChI is InChI=1S/C14H18N2O4/c1-3-8-15-12(17)9(2)16-13(18)10-6-4-5-7-11(10)14(19)20/h4-7,9H,3,8H2,1-2H3,(H,15,17)(H,16,18)(H,19,20). The summed E-state index contributed by atoms with van der Waals surface area (Å²) in [4.78, 5) is 34.7. The van der Waals surface area contributed by atoms with Crippen LogP contribution in [0.3, 0.4) is 0 Å². The summed E-state index contributed by atoms with van der Waals surface area (Å²) in [6.45, 7) is 4.00. The Labute approximate surface area is 117 Å². The van der Waals surface area contributed by atoms with Crippen molar-refractivity contribution in [2.45, 2.75) is 26.3 Å². The van der Waals surface area contributed by atoms with Crippen LogP contribution in [0, 0.1) is 0 Å². The predicted octanol–water partition coefficient (Wildman–Crippen LogP) is 1.03. The fourth-order valence-corrected chi connectivity index (χ4v) is 1.61. The van der Waals surface area contributed by atoms with E-state index in [2.05, 4.69) is 10.6 Å². The van der Waals surface area contributed by atoms with Gasteiger partial charge in [-0.25, -0.2) is 4.79 Å². The number of benzene rings is 1. The highest BCUT2D eigenvalue weighted by Gasteiger charge is 2.20. The molecule has 0 saturated heterocycles. The molecule has 0 spiro atoms. The van der Waals surface area contributed by atoms with Crippen molar-refractivity contribution in [3.05, 3.63) is 35.4 Å². The quantitative estimate of drug-likeness (QED) is 0.724. The van der Waals surface area contributed by atoms with Gasteiger partial charge in [-0.1, -0.05) is 19.1 Å². The van der Waals surface area contributed by atoms with Gasteiger partial charge in [0.25, 0.3) is 5.91 Å². The maximum Gasteiger partial charge on any atom is 0.336 e. The van der Waals surface area contributed by atoms with Gasteiger partial charge in [0.1, 0.15) is 6.04 Å². The second-order valence-electron chi connectivity index (χ2n) is 4.34. The molecule has 6 heteroatoms. The van der Waals surface area contributed by atoms with E-state index in [1.54, 1.807) is 13.0 Å². The van der Waals surface area contributed by atoms with Crippen LogP contribution in [0.1, 0.15) is 41.0 Å². The van der Waals surface area contributed by atoms with E-state index in [9.17, 15) is 14.4 Å². The number of rotatable bonds is 6. The van der Waals surface area contributed by atoms with Crippen molar-refractivity contribution in [1.29, 1.82) is 0 Å². The largest absolute Gasteiger partial charge is 0.478 e. The van der Waals surface area contributed by atoms with Gasteiger partial charge < -0.3 is 15.7 Å². The van der Waals surface area contributed by atoms with Crippen molar-refractivity contribution < 1.29 is 19.5 Å². The molecule has 0 aliphatic carbocycles. The smallest absolute Gasteiger partial charge is 0.336 e. The molecule has 2 amide bonds. The zero-order chi connectivity index (χ0) is 15.1. The Balaban J connectivity index is 2.76. The number of nitrogens with one attached hydrogen (secondary N) is 2. The van der Waals surface area contributed by atoms with Crippen molar-refractivity contribution in [2.75, 3.05) is 6.54 Å². The van der Waals surface area contributed by atoms with E-state index in [0.29, 0.717) is 6.54 Å². The van der Waals surface area contributed by atoms with E-state index < -0.39 is 17.9 Å². The molecule has 20 heavy (non-hydrogen) atoms. The van der Waals surface area contributed by atoms with E-state index in [0.717, 1.165) is 6.42 Å². The first-order valence-corrected chi connectivity index (χ1v) is 6.38. The molecule has 0 saturated carbocycles. The molecule has 0 aromatic heterocycles. The number of carboxylic acid groups (broad SMARTS) is 1. The molecule has 1 atom stereocenters. The van der Waals surface area contributed by atoms with Crippen molar-refractivity contribution in [3.63, 3.8) is 0 Å². The summed E-state index contributed by atoms with van der Waals surface area (Å²) in [7, 11) is 0. The molecular formula is C14H18N2O4. The first-order chi connectivity index (χ1) is 9.47. The van der Waals surface area contributed by atoms with Crippen molar-refractivity contribution in [1.82, 2.24) is 10.6 Å². The fourth-order valence-electron chi connectivity index (χ4n) is 1.61. The molecule has 1 rings (SSSR count). The molecule has 0 bridgehead atoms. The van der Waals surface area contributed by atoms with E-state index >= 15 is 0 Å². The highest BCUT2D eigenvalue weighted by Crippen LogP contribution is 2.08. The average molecular weight is 278 g/mol. The van der Waals surface area contributed by atoms with Gasteiger partial charge in [0, 0.05) is 6.54 Å². The zero-order valence-corrected chi connectivity index (χ0v) is 11.5. The summed E-state index contributed by atoms with van der Waals surface area (Å²) < 4.78 is 0. The third-order valence-corrected chi connectivity index (χ3v) is 2.69. The number of hydrogen-bond donors (Lipinski definition) is 3. The number of carboxylic acids is 1. The lowest BCUT2D eigenvalue weighted by molar-refractivity contribution is -0.122. The minimum atomic E-state index is -1.18. The Morgan fingerprint density at radius 2 is 1.80 bits per heavy atom. The Kier molecular flexibility index (Phi) is 5.71. The third-order valence-electron chi connectivity index (χ3n) is 2.69. The van der Waals surface area contributed by atoms with Gasteiger partial charge in [0.05, 0.1) is 11.1 Å². The fraction of sp³-hybridized carbons (Fsp3) is 0.357. The lowest BCUT2D eigenvalue weighted by Crippen LogP contribution is -2.45. The summed E-state index contributed by atoms with van der Waals surface area (Å²) in [5, 5.41) is 14.2. The molecule has 108 valence electrons. The molecule has 0 aliphatic heterocycles. The molecule has 6 nitrogen and oxygen atoms in total. The Hall–Kier alpha value is -2.37. The first kappa shape index (κ1) is 15.7. The number of carbonyl (C=O) groups is 3. The molecule has 0 fully saturated rings. The van der Waals surface area contributed by atoms with E-state index in [1.807, 2.05) is 6.92 Å². The Morgan fingerprint density at radius 3 is 2.35 bits per heavy atom.